The van der Waals surface area contributed by atoms with E-state index in [1.807, 2.05) is 0 Å². The van der Waals surface area contributed by atoms with E-state index >= 15 is 0 Å². The van der Waals surface area contributed by atoms with Crippen molar-refractivity contribution in [3.8, 4) is 5.75 Å². The number of para-hydroxylation sites is 1. The van der Waals surface area contributed by atoms with Crippen LogP contribution in [0.4, 0.5) is 5.69 Å². The summed E-state index contributed by atoms with van der Waals surface area (Å²) in [5, 5.41) is 10.6. The fraction of sp³-hybridized carbons (Fsp3) is 0.0625. The number of nitrogens with zero attached hydrogens (tertiary/aromatic N) is 1. The fourth-order valence-corrected chi connectivity index (χ4v) is 1.75. The molecule has 0 aliphatic carbocycles. The minimum Gasteiger partial charge on any atom is -0.450 e. The van der Waals surface area contributed by atoms with Crippen molar-refractivity contribution in [2.45, 2.75) is 6.29 Å². The van der Waals surface area contributed by atoms with E-state index in [1.54, 1.807) is 30.3 Å². The van der Waals surface area contributed by atoms with Crippen LogP contribution in [0.5, 0.6) is 5.75 Å². The van der Waals surface area contributed by atoms with Crippen LogP contribution in [-0.2, 0) is 4.74 Å². The third-order valence-corrected chi connectivity index (χ3v) is 2.95. The van der Waals surface area contributed by atoms with Gasteiger partial charge in [-0.25, -0.2) is 4.79 Å². The standard InChI is InChI=1S/C16H12ClNO5/c1-11(17)16(22-14-5-3-2-4-6-14)23-15(19)12-7-9-13(10-8-12)18(20)21/h2-10,16H,1H2. The molecule has 1 unspecified atom stereocenters. The molecule has 0 aliphatic heterocycles. The summed E-state index contributed by atoms with van der Waals surface area (Å²) in [4.78, 5) is 22.1. The molecule has 0 aliphatic rings. The van der Waals surface area contributed by atoms with E-state index in [0.29, 0.717) is 5.75 Å². The van der Waals surface area contributed by atoms with Gasteiger partial charge in [-0.1, -0.05) is 36.4 Å². The summed E-state index contributed by atoms with van der Waals surface area (Å²) in [6.45, 7) is 3.51. The largest absolute Gasteiger partial charge is 0.450 e. The van der Waals surface area contributed by atoms with Crippen molar-refractivity contribution in [3.05, 3.63) is 81.9 Å². The topological polar surface area (TPSA) is 78.7 Å². The van der Waals surface area contributed by atoms with Crippen LogP contribution in [0, 0.1) is 10.1 Å². The van der Waals surface area contributed by atoms with Gasteiger partial charge in [0.05, 0.1) is 15.5 Å². The summed E-state index contributed by atoms with van der Waals surface area (Å²) in [5.74, 6) is -0.279. The number of carbonyl (C=O) groups is 1. The molecule has 1 atom stereocenters. The SMILES string of the molecule is C=C(Cl)C(OC(=O)c1ccc([N+](=O)[O-])cc1)Oc1ccccc1. The fourth-order valence-electron chi connectivity index (χ4n) is 1.66. The molecule has 0 fully saturated rings. The van der Waals surface area contributed by atoms with E-state index in [1.165, 1.54) is 24.3 Å². The quantitative estimate of drug-likeness (QED) is 0.346. The average Bonchev–Trinajstić information content (AvgIpc) is 2.55. The molecule has 0 N–H and O–H groups in total. The Morgan fingerprint density at radius 3 is 2.26 bits per heavy atom. The number of hydrogen-bond donors (Lipinski definition) is 0. The number of benzene rings is 2. The van der Waals surface area contributed by atoms with Crippen LogP contribution in [0.3, 0.4) is 0 Å². The lowest BCUT2D eigenvalue weighted by atomic mass is 10.2. The summed E-state index contributed by atoms with van der Waals surface area (Å²) in [5.41, 5.74) is 0.00978. The van der Waals surface area contributed by atoms with Gasteiger partial charge in [0.1, 0.15) is 5.75 Å². The maximum atomic E-state index is 12.1. The molecule has 2 aromatic rings. The first-order valence-corrected chi connectivity index (χ1v) is 6.86. The molecular weight excluding hydrogens is 322 g/mol. The van der Waals surface area contributed by atoms with Gasteiger partial charge in [-0.05, 0) is 24.3 Å². The van der Waals surface area contributed by atoms with Crippen molar-refractivity contribution in [2.75, 3.05) is 0 Å². The molecule has 0 amide bonds. The Kier molecular flexibility index (Phi) is 5.32. The second-order valence-corrected chi connectivity index (χ2v) is 4.90. The van der Waals surface area contributed by atoms with E-state index in [4.69, 9.17) is 21.1 Å². The Bertz CT molecular complexity index is 715. The second kappa shape index (κ2) is 7.42. The maximum absolute atomic E-state index is 12.1. The highest BCUT2D eigenvalue weighted by molar-refractivity contribution is 6.29. The average molecular weight is 334 g/mol. The van der Waals surface area contributed by atoms with Gasteiger partial charge in [-0.3, -0.25) is 10.1 Å². The Labute approximate surface area is 137 Å². The van der Waals surface area contributed by atoms with Crippen LogP contribution in [0.25, 0.3) is 0 Å². The van der Waals surface area contributed by atoms with Crippen LogP contribution >= 0.6 is 11.6 Å². The molecule has 6 nitrogen and oxygen atoms in total. The lowest BCUT2D eigenvalue weighted by molar-refractivity contribution is -0.384. The minimum absolute atomic E-state index is 0.0101. The van der Waals surface area contributed by atoms with Crippen molar-refractivity contribution in [3.63, 3.8) is 0 Å². The molecule has 0 radical (unpaired) electrons. The van der Waals surface area contributed by atoms with E-state index in [9.17, 15) is 14.9 Å². The zero-order valence-corrected chi connectivity index (χ0v) is 12.6. The van der Waals surface area contributed by atoms with Crippen molar-refractivity contribution in [2.24, 2.45) is 0 Å². The number of non-ortho nitro benzene ring substituents is 1. The zero-order valence-electron chi connectivity index (χ0n) is 11.8. The first-order valence-electron chi connectivity index (χ1n) is 6.49. The Morgan fingerprint density at radius 1 is 1.13 bits per heavy atom. The molecular formula is C16H12ClNO5. The monoisotopic (exact) mass is 333 g/mol. The lowest BCUT2D eigenvalue weighted by Gasteiger charge is -2.18. The summed E-state index contributed by atoms with van der Waals surface area (Å²) in [7, 11) is 0. The molecule has 0 saturated heterocycles. The van der Waals surface area contributed by atoms with Gasteiger partial charge in [0.15, 0.2) is 0 Å². The molecule has 0 heterocycles. The van der Waals surface area contributed by atoms with E-state index < -0.39 is 17.2 Å². The van der Waals surface area contributed by atoms with Crippen LogP contribution in [0.1, 0.15) is 10.4 Å². The molecule has 0 bridgehead atoms. The van der Waals surface area contributed by atoms with Crippen molar-refractivity contribution >= 4 is 23.3 Å². The molecule has 2 rings (SSSR count). The van der Waals surface area contributed by atoms with Gasteiger partial charge in [0, 0.05) is 12.1 Å². The molecule has 2 aromatic carbocycles. The maximum Gasteiger partial charge on any atom is 0.341 e. The predicted octanol–water partition coefficient (Wildman–Crippen LogP) is 3.91. The van der Waals surface area contributed by atoms with Gasteiger partial charge in [-0.15, -0.1) is 0 Å². The molecule has 0 spiro atoms. The van der Waals surface area contributed by atoms with E-state index in [-0.39, 0.29) is 16.3 Å². The third kappa shape index (κ3) is 4.55. The summed E-state index contributed by atoms with van der Waals surface area (Å²) in [6.07, 6.45) is -1.18. The highest BCUT2D eigenvalue weighted by atomic mass is 35.5. The number of halogens is 1. The van der Waals surface area contributed by atoms with Gasteiger partial charge in [0.2, 0.25) is 0 Å². The second-order valence-electron chi connectivity index (χ2n) is 4.42. The van der Waals surface area contributed by atoms with Crippen LogP contribution in [0.2, 0.25) is 0 Å². The number of hydrogen-bond acceptors (Lipinski definition) is 5. The molecule has 23 heavy (non-hydrogen) atoms. The van der Waals surface area contributed by atoms with Gasteiger partial charge < -0.3 is 9.47 Å². The molecule has 7 heteroatoms. The highest BCUT2D eigenvalue weighted by Gasteiger charge is 2.20. The van der Waals surface area contributed by atoms with Crippen LogP contribution in [0.15, 0.2) is 66.2 Å². The predicted molar refractivity (Wildman–Crippen MR) is 84.4 cm³/mol. The Hall–Kier alpha value is -2.86. The summed E-state index contributed by atoms with van der Waals surface area (Å²) < 4.78 is 10.6. The first-order chi connectivity index (χ1) is 11.0. The number of esters is 1. The minimum atomic E-state index is -1.18. The van der Waals surface area contributed by atoms with Crippen LogP contribution < -0.4 is 4.74 Å². The van der Waals surface area contributed by atoms with Gasteiger partial charge in [0.25, 0.3) is 12.0 Å². The van der Waals surface area contributed by atoms with Gasteiger partial charge >= 0.3 is 5.97 Å². The first kappa shape index (κ1) is 16.5. The highest BCUT2D eigenvalue weighted by Crippen LogP contribution is 2.19. The van der Waals surface area contributed by atoms with Crippen molar-refractivity contribution in [1.29, 1.82) is 0 Å². The normalized spacial score (nSPS) is 11.3. The van der Waals surface area contributed by atoms with Gasteiger partial charge in [-0.2, -0.15) is 0 Å². The zero-order chi connectivity index (χ0) is 16.8. The number of carbonyl (C=O) groups excluding carboxylic acids is 1. The van der Waals surface area contributed by atoms with E-state index in [2.05, 4.69) is 6.58 Å². The Morgan fingerprint density at radius 2 is 1.74 bits per heavy atom. The number of nitro groups is 1. The number of rotatable bonds is 6. The molecule has 0 saturated carbocycles. The third-order valence-electron chi connectivity index (χ3n) is 2.77. The number of ether oxygens (including phenoxy) is 2. The molecule has 118 valence electrons. The van der Waals surface area contributed by atoms with Crippen LogP contribution in [-0.4, -0.2) is 17.2 Å². The number of nitro benzene ring substituents is 1. The summed E-state index contributed by atoms with van der Waals surface area (Å²) >= 11 is 5.81. The Balaban J connectivity index is 2.08. The molecule has 0 aromatic heterocycles. The smallest absolute Gasteiger partial charge is 0.341 e. The van der Waals surface area contributed by atoms with Crippen molar-refractivity contribution in [1.82, 2.24) is 0 Å². The van der Waals surface area contributed by atoms with E-state index in [0.717, 1.165) is 0 Å². The van der Waals surface area contributed by atoms with Crippen molar-refractivity contribution < 1.29 is 19.2 Å². The summed E-state index contributed by atoms with van der Waals surface area (Å²) in [6, 6.07) is 13.6. The lowest BCUT2D eigenvalue weighted by Crippen LogP contribution is -2.24.